The van der Waals surface area contributed by atoms with Gasteiger partial charge in [0.1, 0.15) is 13.2 Å². The first kappa shape index (κ1) is 18.4. The molecule has 1 aliphatic rings. The predicted molar refractivity (Wildman–Crippen MR) is 101 cm³/mol. The maximum atomic E-state index is 12.2. The molecular weight excluding hydrogens is 350 g/mol. The van der Waals surface area contributed by atoms with Crippen LogP contribution in [-0.2, 0) is 4.79 Å². The first-order valence-corrected chi connectivity index (χ1v) is 8.33. The van der Waals surface area contributed by atoms with Crippen molar-refractivity contribution in [2.24, 2.45) is 0 Å². The van der Waals surface area contributed by atoms with E-state index in [1.807, 2.05) is 0 Å². The summed E-state index contributed by atoms with van der Waals surface area (Å²) in [4.78, 5) is 12.2. The molecule has 0 spiro atoms. The van der Waals surface area contributed by atoms with E-state index in [1.165, 1.54) is 6.08 Å². The van der Waals surface area contributed by atoms with Crippen molar-refractivity contribution in [2.45, 2.75) is 0 Å². The Hall–Kier alpha value is -3.35. The van der Waals surface area contributed by atoms with Crippen LogP contribution in [0.2, 0.25) is 0 Å². The SMILES string of the molecule is COc1ccc(NC(=O)/C=C/c2cc(OC)c3c(c2)OCCO3)cc1OC. The lowest BCUT2D eigenvalue weighted by molar-refractivity contribution is -0.111. The van der Waals surface area contributed by atoms with Gasteiger partial charge in [-0.25, -0.2) is 0 Å². The number of carbonyl (C=O) groups excluding carboxylic acids is 1. The zero-order valence-corrected chi connectivity index (χ0v) is 15.4. The van der Waals surface area contributed by atoms with Crippen molar-refractivity contribution < 1.29 is 28.5 Å². The van der Waals surface area contributed by atoms with Crippen LogP contribution in [0.3, 0.4) is 0 Å². The molecule has 0 fully saturated rings. The normalized spacial score (nSPS) is 12.6. The average molecular weight is 371 g/mol. The lowest BCUT2D eigenvalue weighted by Gasteiger charge is -2.20. The minimum atomic E-state index is -0.281. The van der Waals surface area contributed by atoms with E-state index in [1.54, 1.807) is 57.7 Å². The maximum Gasteiger partial charge on any atom is 0.248 e. The summed E-state index contributed by atoms with van der Waals surface area (Å²) >= 11 is 0. The molecule has 27 heavy (non-hydrogen) atoms. The lowest BCUT2D eigenvalue weighted by Crippen LogP contribution is -2.16. The summed E-state index contributed by atoms with van der Waals surface area (Å²) in [7, 11) is 4.66. The standard InChI is InChI=1S/C20H21NO6/c1-23-15-6-5-14(12-16(15)24-2)21-19(22)7-4-13-10-17(25-3)20-18(11-13)26-8-9-27-20/h4-7,10-12H,8-9H2,1-3H3,(H,21,22)/b7-4+. The second kappa shape index (κ2) is 8.35. The molecule has 3 rings (SSSR count). The van der Waals surface area contributed by atoms with Gasteiger partial charge in [-0.15, -0.1) is 0 Å². The van der Waals surface area contributed by atoms with Crippen LogP contribution in [0.5, 0.6) is 28.7 Å². The third-order valence-corrected chi connectivity index (χ3v) is 3.93. The summed E-state index contributed by atoms with van der Waals surface area (Å²) in [5.74, 6) is 2.59. The third kappa shape index (κ3) is 4.25. The van der Waals surface area contributed by atoms with Crippen molar-refractivity contribution in [3.05, 3.63) is 42.0 Å². The Bertz CT molecular complexity index is 845. The van der Waals surface area contributed by atoms with Gasteiger partial charge in [-0.2, -0.15) is 0 Å². The monoisotopic (exact) mass is 371 g/mol. The molecule has 0 saturated heterocycles. The molecule has 1 amide bonds. The van der Waals surface area contributed by atoms with Crippen molar-refractivity contribution >= 4 is 17.7 Å². The van der Waals surface area contributed by atoms with Crippen LogP contribution in [0, 0.1) is 0 Å². The molecule has 0 aromatic heterocycles. The number of anilines is 1. The summed E-state index contributed by atoms with van der Waals surface area (Å²) in [6, 6.07) is 8.74. The van der Waals surface area contributed by atoms with Gasteiger partial charge in [0.25, 0.3) is 0 Å². The highest BCUT2D eigenvalue weighted by Crippen LogP contribution is 2.40. The first-order chi connectivity index (χ1) is 13.1. The van der Waals surface area contributed by atoms with Gasteiger partial charge in [0.2, 0.25) is 11.7 Å². The van der Waals surface area contributed by atoms with Crippen LogP contribution in [0.15, 0.2) is 36.4 Å². The molecule has 1 N–H and O–H groups in total. The van der Waals surface area contributed by atoms with Crippen molar-refractivity contribution in [1.29, 1.82) is 0 Å². The molecule has 142 valence electrons. The molecule has 0 atom stereocenters. The molecule has 7 nitrogen and oxygen atoms in total. The number of rotatable bonds is 6. The van der Waals surface area contributed by atoms with Gasteiger partial charge in [0.05, 0.1) is 21.3 Å². The second-order valence-corrected chi connectivity index (χ2v) is 5.64. The molecule has 7 heteroatoms. The van der Waals surface area contributed by atoms with Crippen molar-refractivity contribution in [1.82, 2.24) is 0 Å². The largest absolute Gasteiger partial charge is 0.493 e. The van der Waals surface area contributed by atoms with Gasteiger partial charge in [-0.3, -0.25) is 4.79 Å². The van der Waals surface area contributed by atoms with Crippen LogP contribution in [0.25, 0.3) is 6.08 Å². The van der Waals surface area contributed by atoms with Crippen molar-refractivity contribution in [3.8, 4) is 28.7 Å². The van der Waals surface area contributed by atoms with E-state index in [-0.39, 0.29) is 5.91 Å². The van der Waals surface area contributed by atoms with Gasteiger partial charge in [-0.05, 0) is 35.9 Å². The molecular formula is C20H21NO6. The fourth-order valence-electron chi connectivity index (χ4n) is 2.66. The van der Waals surface area contributed by atoms with Crippen molar-refractivity contribution in [3.63, 3.8) is 0 Å². The van der Waals surface area contributed by atoms with E-state index in [9.17, 15) is 4.79 Å². The number of ether oxygens (including phenoxy) is 5. The summed E-state index contributed by atoms with van der Waals surface area (Å²) in [5, 5.41) is 2.78. The number of hydrogen-bond donors (Lipinski definition) is 1. The van der Waals surface area contributed by atoms with Gasteiger partial charge >= 0.3 is 0 Å². The quantitative estimate of drug-likeness (QED) is 0.787. The number of carbonyl (C=O) groups is 1. The number of fused-ring (bicyclic) bond motifs is 1. The Kier molecular flexibility index (Phi) is 5.71. The van der Waals surface area contributed by atoms with Crippen LogP contribution in [-0.4, -0.2) is 40.5 Å². The number of benzene rings is 2. The smallest absolute Gasteiger partial charge is 0.248 e. The summed E-state index contributed by atoms with van der Waals surface area (Å²) in [5.41, 5.74) is 1.36. The zero-order valence-electron chi connectivity index (χ0n) is 15.4. The van der Waals surface area contributed by atoms with Crippen LogP contribution in [0.4, 0.5) is 5.69 Å². The molecule has 0 radical (unpaired) electrons. The zero-order chi connectivity index (χ0) is 19.2. The fraction of sp³-hybridized carbons (Fsp3) is 0.250. The van der Waals surface area contributed by atoms with E-state index in [2.05, 4.69) is 5.32 Å². The van der Waals surface area contributed by atoms with E-state index in [0.717, 1.165) is 5.56 Å². The minimum Gasteiger partial charge on any atom is -0.493 e. The van der Waals surface area contributed by atoms with E-state index in [0.29, 0.717) is 47.6 Å². The average Bonchev–Trinajstić information content (AvgIpc) is 2.71. The van der Waals surface area contributed by atoms with Gasteiger partial charge in [-0.1, -0.05) is 0 Å². The highest BCUT2D eigenvalue weighted by atomic mass is 16.6. The number of nitrogens with one attached hydrogen (secondary N) is 1. The Morgan fingerprint density at radius 1 is 0.963 bits per heavy atom. The predicted octanol–water partition coefficient (Wildman–Crippen LogP) is 3.14. The molecule has 0 unspecified atom stereocenters. The van der Waals surface area contributed by atoms with Gasteiger partial charge in [0.15, 0.2) is 23.0 Å². The highest BCUT2D eigenvalue weighted by Gasteiger charge is 2.17. The summed E-state index contributed by atoms with van der Waals surface area (Å²) < 4.78 is 26.9. The third-order valence-electron chi connectivity index (χ3n) is 3.93. The highest BCUT2D eigenvalue weighted by molar-refractivity contribution is 6.02. The van der Waals surface area contributed by atoms with Crippen LogP contribution in [0.1, 0.15) is 5.56 Å². The number of amides is 1. The second-order valence-electron chi connectivity index (χ2n) is 5.64. The van der Waals surface area contributed by atoms with Crippen LogP contribution < -0.4 is 29.0 Å². The Balaban J connectivity index is 1.73. The van der Waals surface area contributed by atoms with E-state index < -0.39 is 0 Å². The number of methoxy groups -OCH3 is 3. The van der Waals surface area contributed by atoms with Gasteiger partial charge < -0.3 is 29.0 Å². The molecule has 2 aromatic carbocycles. The first-order valence-electron chi connectivity index (χ1n) is 8.33. The molecule has 1 aliphatic heterocycles. The molecule has 0 aliphatic carbocycles. The fourth-order valence-corrected chi connectivity index (χ4v) is 2.66. The van der Waals surface area contributed by atoms with Crippen molar-refractivity contribution in [2.75, 3.05) is 39.9 Å². The van der Waals surface area contributed by atoms with E-state index in [4.69, 9.17) is 23.7 Å². The molecule has 1 heterocycles. The Morgan fingerprint density at radius 3 is 2.44 bits per heavy atom. The lowest BCUT2D eigenvalue weighted by atomic mass is 10.1. The molecule has 2 aromatic rings. The summed E-state index contributed by atoms with van der Waals surface area (Å²) in [6.45, 7) is 0.954. The minimum absolute atomic E-state index is 0.281. The number of hydrogen-bond acceptors (Lipinski definition) is 6. The molecule has 0 saturated carbocycles. The molecule has 0 bridgehead atoms. The maximum absolute atomic E-state index is 12.2. The van der Waals surface area contributed by atoms with Crippen LogP contribution >= 0.6 is 0 Å². The Labute approximate surface area is 157 Å². The van der Waals surface area contributed by atoms with Gasteiger partial charge in [0, 0.05) is 17.8 Å². The van der Waals surface area contributed by atoms with E-state index >= 15 is 0 Å². The topological polar surface area (TPSA) is 75.3 Å². The summed E-state index contributed by atoms with van der Waals surface area (Å²) in [6.07, 6.45) is 3.11. The Morgan fingerprint density at radius 2 is 1.70 bits per heavy atom.